The van der Waals surface area contributed by atoms with Crippen molar-refractivity contribution in [3.05, 3.63) is 65.2 Å². The summed E-state index contributed by atoms with van der Waals surface area (Å²) in [7, 11) is 0. The number of hydrogen-bond donors (Lipinski definition) is 0. The molecule has 0 radical (unpaired) electrons. The van der Waals surface area contributed by atoms with Gasteiger partial charge in [-0.1, -0.05) is 30.3 Å². The van der Waals surface area contributed by atoms with Crippen molar-refractivity contribution in [2.24, 2.45) is 4.99 Å². The second kappa shape index (κ2) is 6.13. The maximum absolute atomic E-state index is 12.7. The van der Waals surface area contributed by atoms with Crippen LogP contribution >= 0.6 is 0 Å². The smallest absolute Gasteiger partial charge is 0.293 e. The lowest BCUT2D eigenvalue weighted by Gasteiger charge is -2.09. The number of aryl methyl sites for hydroxylation is 1. The van der Waals surface area contributed by atoms with E-state index in [0.29, 0.717) is 5.56 Å². The predicted molar refractivity (Wildman–Crippen MR) is 79.5 cm³/mol. The summed E-state index contributed by atoms with van der Waals surface area (Å²) in [6.45, 7) is 3.17. The van der Waals surface area contributed by atoms with E-state index in [1.54, 1.807) is 12.1 Å². The molecule has 0 atom stereocenters. The number of aliphatic imine (C=N–C) groups is 1. The highest BCUT2D eigenvalue weighted by molar-refractivity contribution is 6.46. The lowest BCUT2D eigenvalue weighted by atomic mass is 10.0. The molecule has 0 aliphatic rings. The molecule has 0 N–H and O–H groups in total. The van der Waals surface area contributed by atoms with Gasteiger partial charge in [-0.05, 0) is 30.7 Å². The van der Waals surface area contributed by atoms with Crippen LogP contribution in [0.1, 0.15) is 23.6 Å². The third kappa shape index (κ3) is 3.61. The minimum absolute atomic E-state index is 0.100. The fourth-order valence-electron chi connectivity index (χ4n) is 2.05. The second-order valence-corrected chi connectivity index (χ2v) is 4.88. The maximum Gasteiger partial charge on any atom is 0.416 e. The Hall–Kier alpha value is -2.43. The zero-order valence-corrected chi connectivity index (χ0v) is 12.1. The van der Waals surface area contributed by atoms with E-state index in [1.807, 2.05) is 19.1 Å². The Labute approximate surface area is 126 Å². The highest BCUT2D eigenvalue weighted by Crippen LogP contribution is 2.31. The Morgan fingerprint density at radius 2 is 1.73 bits per heavy atom. The number of alkyl halides is 3. The van der Waals surface area contributed by atoms with Crippen molar-refractivity contribution in [2.45, 2.75) is 20.0 Å². The molecule has 0 fully saturated rings. The van der Waals surface area contributed by atoms with E-state index >= 15 is 0 Å². The molecule has 0 saturated carbocycles. The zero-order valence-electron chi connectivity index (χ0n) is 12.1. The van der Waals surface area contributed by atoms with Gasteiger partial charge in [0, 0.05) is 12.5 Å². The summed E-state index contributed by atoms with van der Waals surface area (Å²) in [6.07, 6.45) is -4.44. The summed E-state index contributed by atoms with van der Waals surface area (Å²) in [6, 6.07) is 11.7. The molecule has 114 valence electrons. The van der Waals surface area contributed by atoms with E-state index < -0.39 is 11.7 Å². The van der Waals surface area contributed by atoms with Crippen LogP contribution in [-0.2, 0) is 11.0 Å². The monoisotopic (exact) mass is 305 g/mol. The molecule has 22 heavy (non-hydrogen) atoms. The topological polar surface area (TPSA) is 29.4 Å². The zero-order chi connectivity index (χ0) is 16.3. The molecule has 0 aromatic heterocycles. The minimum Gasteiger partial charge on any atom is -0.293 e. The fourth-order valence-corrected chi connectivity index (χ4v) is 2.05. The molecule has 5 heteroatoms. The van der Waals surface area contributed by atoms with Crippen LogP contribution in [0.15, 0.2) is 53.5 Å². The van der Waals surface area contributed by atoms with Crippen LogP contribution in [0.2, 0.25) is 0 Å². The summed E-state index contributed by atoms with van der Waals surface area (Å²) >= 11 is 0. The number of Topliss-reactive ketones (excluding diaryl/α,β-unsaturated/α-hetero) is 1. The first-order valence-electron chi connectivity index (χ1n) is 6.62. The summed E-state index contributed by atoms with van der Waals surface area (Å²) in [5.41, 5.74) is 0.915. The van der Waals surface area contributed by atoms with Gasteiger partial charge < -0.3 is 0 Å². The van der Waals surface area contributed by atoms with Crippen LogP contribution in [0.5, 0.6) is 0 Å². The number of carbonyl (C=O) groups excluding carboxylic acids is 1. The van der Waals surface area contributed by atoms with Crippen molar-refractivity contribution >= 4 is 17.2 Å². The van der Waals surface area contributed by atoms with E-state index in [-0.39, 0.29) is 17.2 Å². The Morgan fingerprint density at radius 3 is 2.32 bits per heavy atom. The molecule has 2 aromatic carbocycles. The standard InChI is InChI=1S/C17H14F3NO/c1-11-6-3-4-9-15(11)16(12(2)22)21-14-8-5-7-13(10-14)17(18,19)20/h3-10H,1-2H3. The van der Waals surface area contributed by atoms with Gasteiger partial charge in [-0.15, -0.1) is 0 Å². The quantitative estimate of drug-likeness (QED) is 0.754. The second-order valence-electron chi connectivity index (χ2n) is 4.88. The number of halogens is 3. The summed E-state index contributed by atoms with van der Waals surface area (Å²) in [5, 5.41) is 0. The molecule has 2 aromatic rings. The van der Waals surface area contributed by atoms with Crippen molar-refractivity contribution in [1.29, 1.82) is 0 Å². The fraction of sp³-hybridized carbons (Fsp3) is 0.176. The van der Waals surface area contributed by atoms with E-state index in [4.69, 9.17) is 0 Å². The van der Waals surface area contributed by atoms with Gasteiger partial charge in [-0.25, -0.2) is 4.99 Å². The van der Waals surface area contributed by atoms with Crippen LogP contribution in [0.25, 0.3) is 0 Å². The highest BCUT2D eigenvalue weighted by Gasteiger charge is 2.30. The van der Waals surface area contributed by atoms with Gasteiger partial charge in [0.2, 0.25) is 0 Å². The summed E-state index contributed by atoms with van der Waals surface area (Å²) in [4.78, 5) is 16.0. The molecule has 0 spiro atoms. The van der Waals surface area contributed by atoms with Crippen LogP contribution < -0.4 is 0 Å². The van der Waals surface area contributed by atoms with Crippen LogP contribution in [0, 0.1) is 6.92 Å². The van der Waals surface area contributed by atoms with Crippen molar-refractivity contribution in [3.63, 3.8) is 0 Å². The number of hydrogen-bond acceptors (Lipinski definition) is 2. The van der Waals surface area contributed by atoms with Gasteiger partial charge in [-0.3, -0.25) is 4.79 Å². The van der Waals surface area contributed by atoms with Gasteiger partial charge in [0.25, 0.3) is 0 Å². The molecular formula is C17H14F3NO. The Morgan fingerprint density at radius 1 is 1.05 bits per heavy atom. The summed E-state index contributed by atoms with van der Waals surface area (Å²) in [5.74, 6) is -0.299. The van der Waals surface area contributed by atoms with Crippen LogP contribution in [-0.4, -0.2) is 11.5 Å². The third-order valence-corrected chi connectivity index (χ3v) is 3.15. The average Bonchev–Trinajstić information content (AvgIpc) is 2.45. The number of nitrogens with zero attached hydrogens (tertiary/aromatic N) is 1. The number of rotatable bonds is 3. The van der Waals surface area contributed by atoms with Gasteiger partial charge in [0.1, 0.15) is 5.71 Å². The molecule has 0 bridgehead atoms. The predicted octanol–water partition coefficient (Wildman–Crippen LogP) is 4.72. The first kappa shape index (κ1) is 15.9. The van der Waals surface area contributed by atoms with Gasteiger partial charge in [0.15, 0.2) is 5.78 Å². The first-order valence-corrected chi connectivity index (χ1v) is 6.62. The van der Waals surface area contributed by atoms with E-state index in [2.05, 4.69) is 4.99 Å². The van der Waals surface area contributed by atoms with E-state index in [1.165, 1.54) is 19.1 Å². The lowest BCUT2D eigenvalue weighted by molar-refractivity contribution is -0.137. The van der Waals surface area contributed by atoms with Gasteiger partial charge in [0.05, 0.1) is 11.3 Å². The molecule has 0 aliphatic heterocycles. The van der Waals surface area contributed by atoms with Gasteiger partial charge >= 0.3 is 6.18 Å². The first-order chi connectivity index (χ1) is 10.3. The maximum atomic E-state index is 12.7. The number of carbonyl (C=O) groups is 1. The molecule has 2 rings (SSSR count). The van der Waals surface area contributed by atoms with E-state index in [9.17, 15) is 18.0 Å². The van der Waals surface area contributed by atoms with Crippen molar-refractivity contribution in [2.75, 3.05) is 0 Å². The lowest BCUT2D eigenvalue weighted by Crippen LogP contribution is -2.13. The van der Waals surface area contributed by atoms with Crippen LogP contribution in [0.4, 0.5) is 18.9 Å². The molecule has 2 nitrogen and oxygen atoms in total. The normalized spacial score (nSPS) is 12.3. The highest BCUT2D eigenvalue weighted by atomic mass is 19.4. The Bertz CT molecular complexity index is 733. The SMILES string of the molecule is CC(=O)C(=Nc1cccc(C(F)(F)F)c1)c1ccccc1C. The molecular weight excluding hydrogens is 291 g/mol. The Kier molecular flexibility index (Phi) is 4.45. The molecule has 0 saturated heterocycles. The van der Waals surface area contributed by atoms with E-state index in [0.717, 1.165) is 17.7 Å². The van der Waals surface area contributed by atoms with Gasteiger partial charge in [-0.2, -0.15) is 13.2 Å². The Balaban J connectivity index is 2.53. The molecule has 0 amide bonds. The van der Waals surface area contributed by atoms with Crippen molar-refractivity contribution < 1.29 is 18.0 Å². The van der Waals surface area contributed by atoms with Crippen molar-refractivity contribution in [3.8, 4) is 0 Å². The largest absolute Gasteiger partial charge is 0.416 e. The molecule has 0 heterocycles. The molecule has 0 unspecified atom stereocenters. The average molecular weight is 305 g/mol. The third-order valence-electron chi connectivity index (χ3n) is 3.15. The van der Waals surface area contributed by atoms with Crippen LogP contribution in [0.3, 0.4) is 0 Å². The molecule has 0 aliphatic carbocycles. The number of ketones is 1. The number of benzene rings is 2. The summed E-state index contributed by atoms with van der Waals surface area (Å²) < 4.78 is 38.2. The van der Waals surface area contributed by atoms with Crippen molar-refractivity contribution in [1.82, 2.24) is 0 Å². The minimum atomic E-state index is -4.44.